The lowest BCUT2D eigenvalue weighted by molar-refractivity contribution is -0.142. The first kappa shape index (κ1) is 18.0. The van der Waals surface area contributed by atoms with Crippen molar-refractivity contribution >= 4 is 5.91 Å². The van der Waals surface area contributed by atoms with E-state index in [0.29, 0.717) is 6.61 Å². The molecule has 5 heteroatoms. The van der Waals surface area contributed by atoms with Gasteiger partial charge in [-0.3, -0.25) is 9.78 Å². The topological polar surface area (TPSA) is 51.7 Å². The number of carbonyl (C=O) groups is 1. The van der Waals surface area contributed by atoms with Crippen LogP contribution in [0.25, 0.3) is 11.1 Å². The van der Waals surface area contributed by atoms with Crippen LogP contribution < -0.4 is 4.74 Å². The van der Waals surface area contributed by atoms with Crippen molar-refractivity contribution in [2.24, 2.45) is 0 Å². The zero-order valence-electron chi connectivity index (χ0n) is 16.0. The minimum absolute atomic E-state index is 0.0404. The third-order valence-electron chi connectivity index (χ3n) is 5.48. The first-order chi connectivity index (χ1) is 13.2. The maximum Gasteiger partial charge on any atom is 0.252 e. The fourth-order valence-electron chi connectivity index (χ4n) is 4.11. The molecule has 0 radical (unpaired) electrons. The van der Waals surface area contributed by atoms with Crippen LogP contribution in [0.2, 0.25) is 0 Å². The highest BCUT2D eigenvalue weighted by atomic mass is 16.5. The molecule has 1 amide bonds. The average molecular weight is 366 g/mol. The summed E-state index contributed by atoms with van der Waals surface area (Å²) in [6.07, 6.45) is 3.50. The lowest BCUT2D eigenvalue weighted by Gasteiger charge is -2.27. The van der Waals surface area contributed by atoms with E-state index in [9.17, 15) is 4.79 Å². The van der Waals surface area contributed by atoms with Gasteiger partial charge in [0, 0.05) is 18.8 Å². The molecule has 0 spiro atoms. The summed E-state index contributed by atoms with van der Waals surface area (Å²) in [5.41, 5.74) is 4.19. The van der Waals surface area contributed by atoms with Crippen molar-refractivity contribution in [1.82, 2.24) is 9.88 Å². The Kier molecular flexibility index (Phi) is 5.12. The number of amides is 1. The van der Waals surface area contributed by atoms with Gasteiger partial charge < -0.3 is 14.4 Å². The summed E-state index contributed by atoms with van der Waals surface area (Å²) >= 11 is 0. The van der Waals surface area contributed by atoms with Crippen LogP contribution in [0, 0.1) is 6.92 Å². The van der Waals surface area contributed by atoms with Gasteiger partial charge in [0.2, 0.25) is 0 Å². The van der Waals surface area contributed by atoms with E-state index in [1.807, 2.05) is 24.0 Å². The Morgan fingerprint density at radius 3 is 2.67 bits per heavy atom. The fourth-order valence-corrected chi connectivity index (χ4v) is 4.11. The van der Waals surface area contributed by atoms with Gasteiger partial charge in [0.15, 0.2) is 0 Å². The molecule has 5 nitrogen and oxygen atoms in total. The SMILES string of the molecule is COc1ccc(-c2cc(C)nc([C@H]3CCCN3C(=O)[C@@H]3CCCO3)c2)cc1. The van der Waals surface area contributed by atoms with Crippen LogP contribution in [-0.4, -0.2) is 42.2 Å². The number of rotatable bonds is 4. The van der Waals surface area contributed by atoms with Crippen LogP contribution in [0.4, 0.5) is 0 Å². The molecule has 27 heavy (non-hydrogen) atoms. The normalized spacial score (nSPS) is 22.2. The number of likely N-dealkylation sites (tertiary alicyclic amines) is 1. The van der Waals surface area contributed by atoms with Gasteiger partial charge in [0.1, 0.15) is 11.9 Å². The average Bonchev–Trinajstić information content (AvgIpc) is 3.39. The number of pyridine rings is 1. The van der Waals surface area contributed by atoms with E-state index in [-0.39, 0.29) is 18.1 Å². The summed E-state index contributed by atoms with van der Waals surface area (Å²) in [4.78, 5) is 19.7. The predicted molar refractivity (Wildman–Crippen MR) is 104 cm³/mol. The molecule has 2 saturated heterocycles. The van der Waals surface area contributed by atoms with E-state index in [1.54, 1.807) is 7.11 Å². The van der Waals surface area contributed by atoms with Crippen LogP contribution in [0.5, 0.6) is 5.75 Å². The molecule has 0 unspecified atom stereocenters. The van der Waals surface area contributed by atoms with E-state index in [2.05, 4.69) is 24.3 Å². The summed E-state index contributed by atoms with van der Waals surface area (Å²) in [5, 5.41) is 0. The Morgan fingerprint density at radius 1 is 1.15 bits per heavy atom. The Hall–Kier alpha value is -2.40. The largest absolute Gasteiger partial charge is 0.497 e. The minimum atomic E-state index is -0.267. The van der Waals surface area contributed by atoms with E-state index in [0.717, 1.165) is 60.5 Å². The Labute approximate surface area is 160 Å². The monoisotopic (exact) mass is 366 g/mol. The molecule has 4 rings (SSSR count). The van der Waals surface area contributed by atoms with Crippen LogP contribution in [0.15, 0.2) is 36.4 Å². The van der Waals surface area contributed by atoms with Crippen molar-refractivity contribution in [2.75, 3.05) is 20.3 Å². The molecule has 0 saturated carbocycles. The van der Waals surface area contributed by atoms with Gasteiger partial charge >= 0.3 is 0 Å². The summed E-state index contributed by atoms with van der Waals surface area (Å²) in [7, 11) is 1.67. The first-order valence-electron chi connectivity index (χ1n) is 9.71. The highest BCUT2D eigenvalue weighted by Gasteiger charge is 2.36. The number of hydrogen-bond acceptors (Lipinski definition) is 4. The number of methoxy groups -OCH3 is 1. The molecule has 1 aromatic heterocycles. The van der Waals surface area contributed by atoms with Gasteiger partial charge in [-0.1, -0.05) is 12.1 Å². The summed E-state index contributed by atoms with van der Waals surface area (Å²) in [6, 6.07) is 12.3. The second-order valence-corrected chi connectivity index (χ2v) is 7.34. The van der Waals surface area contributed by atoms with Gasteiger partial charge in [-0.05, 0) is 68.0 Å². The standard InChI is InChI=1S/C22H26N2O3/c1-15-13-17(16-7-9-18(26-2)10-8-16)14-19(23-15)20-5-3-11-24(20)22(25)21-6-4-12-27-21/h7-10,13-14,20-21H,3-6,11-12H2,1-2H3/t20-,21+/m1/s1. The molecule has 2 fully saturated rings. The first-order valence-corrected chi connectivity index (χ1v) is 9.71. The smallest absolute Gasteiger partial charge is 0.252 e. The molecule has 2 aliphatic rings. The highest BCUT2D eigenvalue weighted by Crippen LogP contribution is 2.35. The van der Waals surface area contributed by atoms with Crippen LogP contribution in [-0.2, 0) is 9.53 Å². The molecule has 2 aromatic rings. The zero-order valence-corrected chi connectivity index (χ0v) is 16.0. The van der Waals surface area contributed by atoms with E-state index in [1.165, 1.54) is 0 Å². The molecule has 1 aromatic carbocycles. The number of ether oxygens (including phenoxy) is 2. The third-order valence-corrected chi connectivity index (χ3v) is 5.48. The fraction of sp³-hybridized carbons (Fsp3) is 0.455. The van der Waals surface area contributed by atoms with Crippen molar-refractivity contribution in [3.8, 4) is 16.9 Å². The van der Waals surface area contributed by atoms with Gasteiger partial charge in [0.05, 0.1) is 18.8 Å². The predicted octanol–water partition coefficient (Wildman–Crippen LogP) is 3.91. The molecule has 0 bridgehead atoms. The van der Waals surface area contributed by atoms with E-state index >= 15 is 0 Å². The quantitative estimate of drug-likeness (QED) is 0.823. The Bertz CT molecular complexity index is 813. The molecule has 0 aliphatic carbocycles. The molecular formula is C22H26N2O3. The summed E-state index contributed by atoms with van der Waals surface area (Å²) < 4.78 is 10.9. The second kappa shape index (κ2) is 7.69. The molecule has 2 atom stereocenters. The van der Waals surface area contributed by atoms with Gasteiger partial charge in [-0.2, -0.15) is 0 Å². The minimum Gasteiger partial charge on any atom is -0.497 e. The molecule has 2 aliphatic heterocycles. The molecule has 142 valence electrons. The van der Waals surface area contributed by atoms with Crippen LogP contribution in [0.1, 0.15) is 43.1 Å². The van der Waals surface area contributed by atoms with Crippen molar-refractivity contribution in [2.45, 2.75) is 44.8 Å². The summed E-state index contributed by atoms with van der Waals surface area (Å²) in [5.74, 6) is 0.971. The lowest BCUT2D eigenvalue weighted by Crippen LogP contribution is -2.38. The number of benzene rings is 1. The third kappa shape index (κ3) is 3.69. The van der Waals surface area contributed by atoms with Crippen molar-refractivity contribution in [3.05, 3.63) is 47.8 Å². The maximum absolute atomic E-state index is 12.9. The number of nitrogens with zero attached hydrogens (tertiary/aromatic N) is 2. The van der Waals surface area contributed by atoms with E-state index < -0.39 is 0 Å². The second-order valence-electron chi connectivity index (χ2n) is 7.34. The molecule has 3 heterocycles. The number of aromatic nitrogens is 1. The van der Waals surface area contributed by atoms with Gasteiger partial charge in [0.25, 0.3) is 5.91 Å². The number of aryl methyl sites for hydroxylation is 1. The van der Waals surface area contributed by atoms with Crippen LogP contribution in [0.3, 0.4) is 0 Å². The Morgan fingerprint density at radius 2 is 1.96 bits per heavy atom. The van der Waals surface area contributed by atoms with Gasteiger partial charge in [-0.15, -0.1) is 0 Å². The summed E-state index contributed by atoms with van der Waals surface area (Å²) in [6.45, 7) is 3.49. The van der Waals surface area contributed by atoms with Crippen molar-refractivity contribution in [3.63, 3.8) is 0 Å². The Balaban J connectivity index is 1.62. The number of hydrogen-bond donors (Lipinski definition) is 0. The zero-order chi connectivity index (χ0) is 18.8. The van der Waals surface area contributed by atoms with Crippen molar-refractivity contribution in [1.29, 1.82) is 0 Å². The molecule has 0 N–H and O–H groups in total. The van der Waals surface area contributed by atoms with E-state index in [4.69, 9.17) is 14.5 Å². The molecular weight excluding hydrogens is 340 g/mol. The van der Waals surface area contributed by atoms with Crippen molar-refractivity contribution < 1.29 is 14.3 Å². The maximum atomic E-state index is 12.9. The lowest BCUT2D eigenvalue weighted by atomic mass is 10.0. The number of carbonyl (C=O) groups excluding carboxylic acids is 1. The highest BCUT2D eigenvalue weighted by molar-refractivity contribution is 5.82. The van der Waals surface area contributed by atoms with Gasteiger partial charge in [-0.25, -0.2) is 0 Å². The van der Waals surface area contributed by atoms with Crippen LogP contribution >= 0.6 is 0 Å².